The number of morpholine rings is 1. The van der Waals surface area contributed by atoms with E-state index in [-0.39, 0.29) is 10.9 Å². The van der Waals surface area contributed by atoms with Gasteiger partial charge in [0.15, 0.2) is 0 Å². The van der Waals surface area contributed by atoms with Gasteiger partial charge < -0.3 is 15.4 Å². The molecule has 2 heterocycles. The number of ether oxygens (including phenoxy) is 1. The first-order valence-electron chi connectivity index (χ1n) is 9.40. The predicted molar refractivity (Wildman–Crippen MR) is 102 cm³/mol. The van der Waals surface area contributed by atoms with Crippen molar-refractivity contribution in [1.82, 2.24) is 19.8 Å². The standard InChI is InChI=1S/C18H28N4O4S/c1-15-4-6-16(7-5-15)27(24,25)22-9-2-3-17(22)20-18(23)19-8-10-21-11-13-26-14-12-21/h4-7,17H,2-3,8-14H2,1H3,(H2,19,20,23)/t17-/m0/s1. The summed E-state index contributed by atoms with van der Waals surface area (Å²) in [6, 6.07) is 6.46. The Bertz CT molecular complexity index is 732. The summed E-state index contributed by atoms with van der Waals surface area (Å²) in [6.45, 7) is 6.78. The quantitative estimate of drug-likeness (QED) is 0.740. The molecule has 1 aromatic rings. The highest BCUT2D eigenvalue weighted by atomic mass is 32.2. The maximum atomic E-state index is 12.9. The molecule has 0 bridgehead atoms. The van der Waals surface area contributed by atoms with E-state index in [9.17, 15) is 13.2 Å². The molecule has 8 nitrogen and oxygen atoms in total. The van der Waals surface area contributed by atoms with Gasteiger partial charge in [-0.1, -0.05) is 17.7 Å². The highest BCUT2D eigenvalue weighted by Crippen LogP contribution is 2.24. The molecule has 2 saturated heterocycles. The van der Waals surface area contributed by atoms with Gasteiger partial charge in [-0.2, -0.15) is 4.31 Å². The van der Waals surface area contributed by atoms with E-state index in [2.05, 4.69) is 15.5 Å². The van der Waals surface area contributed by atoms with E-state index >= 15 is 0 Å². The van der Waals surface area contributed by atoms with Gasteiger partial charge in [-0.3, -0.25) is 4.90 Å². The first-order valence-corrected chi connectivity index (χ1v) is 10.8. The van der Waals surface area contributed by atoms with Crippen molar-refractivity contribution in [3.8, 4) is 0 Å². The van der Waals surface area contributed by atoms with Crippen LogP contribution in [-0.2, 0) is 14.8 Å². The van der Waals surface area contributed by atoms with Crippen molar-refractivity contribution in [2.75, 3.05) is 45.9 Å². The van der Waals surface area contributed by atoms with Gasteiger partial charge in [0.2, 0.25) is 10.0 Å². The molecular formula is C18H28N4O4S. The van der Waals surface area contributed by atoms with Gasteiger partial charge in [0, 0.05) is 32.7 Å². The Labute approximate surface area is 160 Å². The highest BCUT2D eigenvalue weighted by molar-refractivity contribution is 7.89. The van der Waals surface area contributed by atoms with E-state index in [0.29, 0.717) is 19.5 Å². The third-order valence-corrected chi connectivity index (χ3v) is 6.87. The lowest BCUT2D eigenvalue weighted by molar-refractivity contribution is 0.0387. The molecule has 0 unspecified atom stereocenters. The van der Waals surface area contributed by atoms with Crippen LogP contribution in [0.5, 0.6) is 0 Å². The number of rotatable bonds is 6. The van der Waals surface area contributed by atoms with Gasteiger partial charge in [0.05, 0.1) is 24.3 Å². The number of carbonyl (C=O) groups is 1. The van der Waals surface area contributed by atoms with Crippen molar-refractivity contribution in [1.29, 1.82) is 0 Å². The minimum atomic E-state index is -3.62. The highest BCUT2D eigenvalue weighted by Gasteiger charge is 2.36. The van der Waals surface area contributed by atoms with Crippen molar-refractivity contribution >= 4 is 16.1 Å². The fourth-order valence-electron chi connectivity index (χ4n) is 3.37. The van der Waals surface area contributed by atoms with Gasteiger partial charge >= 0.3 is 6.03 Å². The van der Waals surface area contributed by atoms with E-state index in [1.54, 1.807) is 24.3 Å². The zero-order chi connectivity index (χ0) is 19.3. The van der Waals surface area contributed by atoms with Crippen LogP contribution in [0.1, 0.15) is 18.4 Å². The lowest BCUT2D eigenvalue weighted by Crippen LogP contribution is -2.51. The van der Waals surface area contributed by atoms with Crippen molar-refractivity contribution in [3.05, 3.63) is 29.8 Å². The predicted octanol–water partition coefficient (Wildman–Crippen LogP) is 0.737. The summed E-state index contributed by atoms with van der Waals surface area (Å²) in [7, 11) is -3.62. The first kappa shape index (κ1) is 20.1. The molecule has 2 aliphatic rings. The largest absolute Gasteiger partial charge is 0.379 e. The van der Waals surface area contributed by atoms with Gasteiger partial charge in [-0.15, -0.1) is 0 Å². The lowest BCUT2D eigenvalue weighted by Gasteiger charge is -2.27. The van der Waals surface area contributed by atoms with E-state index in [1.807, 2.05) is 6.92 Å². The van der Waals surface area contributed by atoms with E-state index < -0.39 is 16.2 Å². The Hall–Kier alpha value is -1.68. The molecule has 9 heteroatoms. The van der Waals surface area contributed by atoms with E-state index in [0.717, 1.165) is 44.8 Å². The Morgan fingerprint density at radius 1 is 1.19 bits per heavy atom. The van der Waals surface area contributed by atoms with Crippen LogP contribution in [0.25, 0.3) is 0 Å². The molecule has 27 heavy (non-hydrogen) atoms. The summed E-state index contributed by atoms with van der Waals surface area (Å²) in [5, 5.41) is 5.63. The Morgan fingerprint density at radius 3 is 2.59 bits per heavy atom. The second-order valence-electron chi connectivity index (χ2n) is 6.94. The minimum absolute atomic E-state index is 0.259. The second kappa shape index (κ2) is 9.01. The number of sulfonamides is 1. The molecule has 0 aromatic heterocycles. The lowest BCUT2D eigenvalue weighted by atomic mass is 10.2. The molecule has 0 aliphatic carbocycles. The number of nitrogens with zero attached hydrogens (tertiary/aromatic N) is 2. The van der Waals surface area contributed by atoms with Crippen LogP contribution >= 0.6 is 0 Å². The van der Waals surface area contributed by atoms with E-state index in [4.69, 9.17) is 4.74 Å². The SMILES string of the molecule is Cc1ccc(S(=O)(=O)N2CCC[C@H]2NC(=O)NCCN2CCOCC2)cc1. The monoisotopic (exact) mass is 396 g/mol. The Kier molecular flexibility index (Phi) is 6.69. The van der Waals surface area contributed by atoms with Crippen LogP contribution in [0, 0.1) is 6.92 Å². The third kappa shape index (κ3) is 5.19. The molecule has 150 valence electrons. The fraction of sp³-hybridized carbons (Fsp3) is 0.611. The van der Waals surface area contributed by atoms with Crippen LogP contribution in [0.3, 0.4) is 0 Å². The molecule has 1 atom stereocenters. The zero-order valence-electron chi connectivity index (χ0n) is 15.7. The van der Waals surface area contributed by atoms with Crippen molar-refractivity contribution in [3.63, 3.8) is 0 Å². The number of benzene rings is 1. The van der Waals surface area contributed by atoms with Gasteiger partial charge in [-0.25, -0.2) is 13.2 Å². The summed E-state index contributed by atoms with van der Waals surface area (Å²) in [5.74, 6) is 0. The molecule has 2 N–H and O–H groups in total. The van der Waals surface area contributed by atoms with Crippen LogP contribution in [0.15, 0.2) is 29.2 Å². The molecule has 3 rings (SSSR count). The average Bonchev–Trinajstić information content (AvgIpc) is 3.12. The summed E-state index contributed by atoms with van der Waals surface area (Å²) in [5.41, 5.74) is 1.00. The number of aryl methyl sites for hydroxylation is 1. The number of hydrogen-bond acceptors (Lipinski definition) is 5. The van der Waals surface area contributed by atoms with Gasteiger partial charge in [0.25, 0.3) is 0 Å². The molecular weight excluding hydrogens is 368 g/mol. The Balaban J connectivity index is 1.52. The van der Waals surface area contributed by atoms with Crippen LogP contribution in [-0.4, -0.2) is 75.8 Å². The zero-order valence-corrected chi connectivity index (χ0v) is 16.5. The molecule has 1 aromatic carbocycles. The normalized spacial score (nSPS) is 21.9. The van der Waals surface area contributed by atoms with Crippen LogP contribution < -0.4 is 10.6 Å². The maximum absolute atomic E-state index is 12.9. The summed E-state index contributed by atoms with van der Waals surface area (Å²) >= 11 is 0. The third-order valence-electron chi connectivity index (χ3n) is 4.95. The minimum Gasteiger partial charge on any atom is -0.379 e. The topological polar surface area (TPSA) is 91.0 Å². The second-order valence-corrected chi connectivity index (χ2v) is 8.83. The Morgan fingerprint density at radius 2 is 1.89 bits per heavy atom. The summed E-state index contributed by atoms with van der Waals surface area (Å²) in [4.78, 5) is 14.7. The van der Waals surface area contributed by atoms with Crippen LogP contribution in [0.4, 0.5) is 4.79 Å². The smallest absolute Gasteiger partial charge is 0.316 e. The number of hydrogen-bond donors (Lipinski definition) is 2. The molecule has 2 aliphatic heterocycles. The first-order chi connectivity index (χ1) is 13.0. The number of urea groups is 1. The summed E-state index contributed by atoms with van der Waals surface area (Å²) < 4.78 is 32.5. The molecule has 2 amide bonds. The number of amides is 2. The fourth-order valence-corrected chi connectivity index (χ4v) is 4.99. The van der Waals surface area contributed by atoms with Crippen molar-refractivity contribution < 1.29 is 17.9 Å². The van der Waals surface area contributed by atoms with Gasteiger partial charge in [-0.05, 0) is 31.9 Å². The average molecular weight is 397 g/mol. The molecule has 0 spiro atoms. The number of nitrogens with one attached hydrogen (secondary N) is 2. The van der Waals surface area contributed by atoms with Crippen LogP contribution in [0.2, 0.25) is 0 Å². The van der Waals surface area contributed by atoms with Crippen molar-refractivity contribution in [2.45, 2.75) is 30.8 Å². The van der Waals surface area contributed by atoms with Gasteiger partial charge in [0.1, 0.15) is 0 Å². The van der Waals surface area contributed by atoms with E-state index in [1.165, 1.54) is 4.31 Å². The maximum Gasteiger partial charge on any atom is 0.316 e. The molecule has 0 saturated carbocycles. The summed E-state index contributed by atoms with van der Waals surface area (Å²) in [6.07, 6.45) is 0.825. The van der Waals surface area contributed by atoms with Crippen molar-refractivity contribution in [2.24, 2.45) is 0 Å². The number of carbonyl (C=O) groups excluding carboxylic acids is 1. The molecule has 2 fully saturated rings. The molecule has 0 radical (unpaired) electrons.